The maximum absolute atomic E-state index is 12.8. The monoisotopic (exact) mass is 356 g/mol. The highest BCUT2D eigenvalue weighted by atomic mass is 32.2. The number of thioether (sulfide) groups is 1. The zero-order valence-corrected chi connectivity index (χ0v) is 16.0. The van der Waals surface area contributed by atoms with Gasteiger partial charge in [-0.25, -0.2) is 0 Å². The molecule has 2 fully saturated rings. The van der Waals surface area contributed by atoms with Crippen molar-refractivity contribution in [2.24, 2.45) is 4.99 Å². The lowest BCUT2D eigenvalue weighted by atomic mass is 10.1. The van der Waals surface area contributed by atoms with Crippen molar-refractivity contribution in [3.63, 3.8) is 0 Å². The molecule has 0 aromatic heterocycles. The van der Waals surface area contributed by atoms with Gasteiger partial charge in [-0.3, -0.25) is 14.3 Å². The van der Waals surface area contributed by atoms with Gasteiger partial charge in [0.25, 0.3) is 0 Å². The molecule has 3 aliphatic heterocycles. The zero-order chi connectivity index (χ0) is 17.6. The number of benzene rings is 1. The number of hydrogen-bond donors (Lipinski definition) is 0. The van der Waals surface area contributed by atoms with Gasteiger partial charge in [-0.05, 0) is 49.2 Å². The number of carbonyl (C=O) groups is 1. The summed E-state index contributed by atoms with van der Waals surface area (Å²) in [6, 6.07) is 9.40. The molecule has 0 spiro atoms. The predicted molar refractivity (Wildman–Crippen MR) is 107 cm³/mol. The second-order valence-electron chi connectivity index (χ2n) is 7.44. The van der Waals surface area contributed by atoms with E-state index in [1.54, 1.807) is 11.8 Å². The van der Waals surface area contributed by atoms with Crippen LogP contribution in [0.1, 0.15) is 26.3 Å². The molecular weight excluding hydrogens is 330 g/mol. The second kappa shape index (κ2) is 6.29. The normalized spacial score (nSPS) is 34.1. The summed E-state index contributed by atoms with van der Waals surface area (Å²) in [5, 5.41) is 0.273. The Hall–Kier alpha value is -1.59. The summed E-state index contributed by atoms with van der Waals surface area (Å²) in [5.41, 5.74) is 5.84. The molecule has 25 heavy (non-hydrogen) atoms. The fourth-order valence-electron chi connectivity index (χ4n) is 4.14. The van der Waals surface area contributed by atoms with Gasteiger partial charge in [-0.15, -0.1) is 11.8 Å². The van der Waals surface area contributed by atoms with E-state index in [2.05, 4.69) is 61.0 Å². The van der Waals surface area contributed by atoms with Gasteiger partial charge in [0.15, 0.2) is 6.04 Å². The molecule has 1 aromatic rings. The summed E-state index contributed by atoms with van der Waals surface area (Å²) in [4.78, 5) is 19.2. The molecular formula is C20H26N3OS+. The highest BCUT2D eigenvalue weighted by molar-refractivity contribution is 8.12. The minimum atomic E-state index is -0.174. The first kappa shape index (κ1) is 16.9. The van der Waals surface area contributed by atoms with Crippen LogP contribution < -0.4 is 4.48 Å². The lowest BCUT2D eigenvalue weighted by molar-refractivity contribution is -0.133. The SMILES string of the molecule is CC=C(C)c1ccc([N+]23CCN(C(=O)C4N=CSC4C)CC2C3)cc1. The van der Waals surface area contributed by atoms with Crippen molar-refractivity contribution >= 4 is 34.5 Å². The Balaban J connectivity index is 1.44. The quantitative estimate of drug-likeness (QED) is 0.615. The number of carbonyl (C=O) groups excluding carboxylic acids is 1. The molecule has 3 heterocycles. The van der Waals surface area contributed by atoms with Crippen LogP contribution in [0.2, 0.25) is 0 Å². The number of allylic oxidation sites excluding steroid dienone is 2. The van der Waals surface area contributed by atoms with E-state index in [-0.39, 0.29) is 17.2 Å². The van der Waals surface area contributed by atoms with Crippen molar-refractivity contribution in [3.8, 4) is 0 Å². The average Bonchev–Trinajstić information content (AvgIpc) is 3.24. The summed E-state index contributed by atoms with van der Waals surface area (Å²) in [6.45, 7) is 10.2. The van der Waals surface area contributed by atoms with E-state index in [0.717, 1.165) is 30.7 Å². The highest BCUT2D eigenvalue weighted by Gasteiger charge is 2.60. The van der Waals surface area contributed by atoms with Crippen molar-refractivity contribution in [1.82, 2.24) is 9.38 Å². The Labute approximate surface area is 154 Å². The standard InChI is InChI=1S/C20H26N3OS/c1-4-14(2)16-5-7-17(8-6-16)23-10-9-22(11-18(23)12-23)20(24)19-15(3)25-13-21-19/h4-8,13,15,18-19H,9-12H2,1-3H3/q+1. The van der Waals surface area contributed by atoms with E-state index in [9.17, 15) is 4.79 Å². The summed E-state index contributed by atoms with van der Waals surface area (Å²) < 4.78 is 1.05. The molecule has 3 aliphatic rings. The molecule has 0 bridgehead atoms. The van der Waals surface area contributed by atoms with E-state index in [0.29, 0.717) is 6.04 Å². The van der Waals surface area contributed by atoms with Crippen LogP contribution in [0, 0.1) is 0 Å². The molecule has 1 aromatic carbocycles. The predicted octanol–water partition coefficient (Wildman–Crippen LogP) is 3.17. The first-order valence-corrected chi connectivity index (χ1v) is 10.1. The molecule has 0 aliphatic carbocycles. The van der Waals surface area contributed by atoms with Crippen molar-refractivity contribution < 1.29 is 4.79 Å². The number of hydrogen-bond acceptors (Lipinski definition) is 3. The Morgan fingerprint density at radius 2 is 2.12 bits per heavy atom. The van der Waals surface area contributed by atoms with Gasteiger partial charge in [0.05, 0.1) is 18.6 Å². The van der Waals surface area contributed by atoms with Crippen LogP contribution in [-0.2, 0) is 4.79 Å². The topological polar surface area (TPSA) is 32.7 Å². The van der Waals surface area contributed by atoms with E-state index < -0.39 is 0 Å². The maximum Gasteiger partial charge on any atom is 0.248 e. The summed E-state index contributed by atoms with van der Waals surface area (Å²) in [7, 11) is 0. The number of fused-ring (bicyclic) bond motifs is 1. The fourth-order valence-corrected chi connectivity index (χ4v) is 4.87. The first-order chi connectivity index (χ1) is 12.0. The molecule has 4 rings (SSSR count). The maximum atomic E-state index is 12.8. The van der Waals surface area contributed by atoms with Crippen molar-refractivity contribution in [1.29, 1.82) is 0 Å². The van der Waals surface area contributed by atoms with Gasteiger partial charge >= 0.3 is 0 Å². The van der Waals surface area contributed by atoms with Gasteiger partial charge in [-0.1, -0.05) is 13.0 Å². The largest absolute Gasteiger partial charge is 0.329 e. The Morgan fingerprint density at radius 1 is 1.36 bits per heavy atom. The Morgan fingerprint density at radius 3 is 2.72 bits per heavy atom. The molecule has 2 saturated heterocycles. The van der Waals surface area contributed by atoms with Crippen molar-refractivity contribution in [2.45, 2.75) is 38.1 Å². The van der Waals surface area contributed by atoms with Gasteiger partial charge in [0, 0.05) is 5.25 Å². The lowest BCUT2D eigenvalue weighted by Crippen LogP contribution is -2.52. The number of rotatable bonds is 3. The third-order valence-electron chi connectivity index (χ3n) is 6.08. The average molecular weight is 357 g/mol. The third kappa shape index (κ3) is 2.83. The van der Waals surface area contributed by atoms with Gasteiger partial charge < -0.3 is 4.90 Å². The van der Waals surface area contributed by atoms with Gasteiger partial charge in [0.1, 0.15) is 24.8 Å². The van der Waals surface area contributed by atoms with E-state index in [1.165, 1.54) is 16.8 Å². The molecule has 1 amide bonds. The van der Waals surface area contributed by atoms with Crippen LogP contribution in [0.4, 0.5) is 5.69 Å². The zero-order valence-electron chi connectivity index (χ0n) is 15.2. The van der Waals surface area contributed by atoms with Crippen molar-refractivity contribution in [3.05, 3.63) is 35.9 Å². The molecule has 132 valence electrons. The number of quaternary nitrogens is 1. The van der Waals surface area contributed by atoms with Gasteiger partial charge in [-0.2, -0.15) is 0 Å². The summed E-state index contributed by atoms with van der Waals surface area (Å²) >= 11 is 1.66. The second-order valence-corrected chi connectivity index (χ2v) is 8.66. The van der Waals surface area contributed by atoms with E-state index in [1.807, 2.05) is 5.55 Å². The Bertz CT molecular complexity index is 742. The van der Waals surface area contributed by atoms with Crippen LogP contribution >= 0.6 is 11.8 Å². The number of aliphatic imine (C=N–C) groups is 1. The number of piperazine rings is 1. The summed E-state index contributed by atoms with van der Waals surface area (Å²) in [5.74, 6) is 0.220. The van der Waals surface area contributed by atoms with Crippen LogP contribution in [-0.4, -0.2) is 59.9 Å². The molecule has 0 radical (unpaired) electrons. The molecule has 4 unspecified atom stereocenters. The summed E-state index contributed by atoms with van der Waals surface area (Å²) in [6.07, 6.45) is 2.15. The van der Waals surface area contributed by atoms with E-state index in [4.69, 9.17) is 0 Å². The number of nitrogens with zero attached hydrogens (tertiary/aromatic N) is 3. The fraction of sp³-hybridized carbons (Fsp3) is 0.500. The minimum absolute atomic E-state index is 0.174. The first-order valence-electron chi connectivity index (χ1n) is 9.12. The van der Waals surface area contributed by atoms with Crippen LogP contribution in [0.5, 0.6) is 0 Å². The van der Waals surface area contributed by atoms with Crippen LogP contribution in [0.25, 0.3) is 5.57 Å². The third-order valence-corrected chi connectivity index (χ3v) is 7.01. The lowest BCUT2D eigenvalue weighted by Gasteiger charge is -2.33. The molecule has 0 saturated carbocycles. The van der Waals surface area contributed by atoms with Crippen molar-refractivity contribution in [2.75, 3.05) is 26.2 Å². The molecule has 5 heteroatoms. The molecule has 4 atom stereocenters. The highest BCUT2D eigenvalue weighted by Crippen LogP contribution is 2.42. The van der Waals surface area contributed by atoms with Crippen LogP contribution in [0.3, 0.4) is 0 Å². The van der Waals surface area contributed by atoms with Crippen LogP contribution in [0.15, 0.2) is 35.3 Å². The minimum Gasteiger partial charge on any atom is -0.329 e. The smallest absolute Gasteiger partial charge is 0.248 e. The molecule has 0 N–H and O–H groups in total. The van der Waals surface area contributed by atoms with Gasteiger partial charge in [0.2, 0.25) is 5.91 Å². The van der Waals surface area contributed by atoms with E-state index >= 15 is 0 Å². The molecule has 4 nitrogen and oxygen atoms in total. The Kier molecular flexibility index (Phi) is 4.24. The number of amides is 1.